The highest BCUT2D eigenvalue weighted by molar-refractivity contribution is 6.21. The van der Waals surface area contributed by atoms with Crippen LogP contribution < -0.4 is 5.32 Å². The lowest BCUT2D eigenvalue weighted by Gasteiger charge is -2.25. The van der Waals surface area contributed by atoms with Crippen LogP contribution in [-0.4, -0.2) is 6.21 Å². The molecule has 1 atom stereocenters. The highest BCUT2D eigenvalue weighted by Gasteiger charge is 2.22. The first kappa shape index (κ1) is 23.7. The zero-order valence-corrected chi connectivity index (χ0v) is 23.5. The molecule has 0 radical (unpaired) electrons. The second-order valence-electron chi connectivity index (χ2n) is 11.6. The molecule has 1 N–H and O–H groups in total. The number of nitrogens with one attached hydrogen (secondary N) is 1. The van der Waals surface area contributed by atoms with Crippen molar-refractivity contribution in [1.82, 2.24) is 0 Å². The first-order chi connectivity index (χ1) is 21.8. The minimum Gasteiger partial charge on any atom is -0.456 e. The first-order valence-electron chi connectivity index (χ1n) is 14.9. The molecule has 44 heavy (non-hydrogen) atoms. The van der Waals surface area contributed by atoms with Crippen LogP contribution in [0.15, 0.2) is 141 Å². The van der Waals surface area contributed by atoms with Crippen molar-refractivity contribution in [1.29, 1.82) is 0 Å². The van der Waals surface area contributed by atoms with Crippen molar-refractivity contribution in [2.24, 2.45) is 4.99 Å². The van der Waals surface area contributed by atoms with Crippen molar-refractivity contribution in [3.8, 4) is 11.1 Å². The van der Waals surface area contributed by atoms with E-state index in [1.807, 2.05) is 24.4 Å². The van der Waals surface area contributed by atoms with Crippen molar-refractivity contribution in [2.45, 2.75) is 6.04 Å². The molecule has 206 valence electrons. The standard InChI is InChI=1S/C40H24N2O2/c1-3-14-29-26(11-1)27-12-2-4-15-30(27)39-38(29)41-22-34(42-39)24-10-7-9-23(19-24)25-16-8-17-31-33-21-36-32(20-37(33)44-40(25)31)28-13-5-6-18-35(28)43-36/h1-22,34,42H. The number of furan rings is 2. The molecule has 1 aliphatic heterocycles. The minimum absolute atomic E-state index is 0.0675. The van der Waals surface area contributed by atoms with E-state index in [4.69, 9.17) is 13.8 Å². The summed E-state index contributed by atoms with van der Waals surface area (Å²) in [6.07, 6.45) is 2.03. The fourth-order valence-corrected chi connectivity index (χ4v) is 7.06. The molecular formula is C40H24N2O2. The number of nitrogens with zero attached hydrogens (tertiary/aromatic N) is 1. The second-order valence-corrected chi connectivity index (χ2v) is 11.6. The maximum atomic E-state index is 6.60. The molecule has 4 nitrogen and oxygen atoms in total. The number of anilines is 1. The second kappa shape index (κ2) is 8.82. The van der Waals surface area contributed by atoms with E-state index in [0.29, 0.717) is 0 Å². The number of rotatable bonds is 2. The van der Waals surface area contributed by atoms with Gasteiger partial charge in [0.15, 0.2) is 0 Å². The Morgan fingerprint density at radius 3 is 2.02 bits per heavy atom. The topological polar surface area (TPSA) is 50.7 Å². The van der Waals surface area contributed by atoms with Gasteiger partial charge in [0.05, 0.1) is 17.4 Å². The van der Waals surface area contributed by atoms with Gasteiger partial charge in [-0.2, -0.15) is 0 Å². The Morgan fingerprint density at radius 2 is 1.16 bits per heavy atom. The summed E-state index contributed by atoms with van der Waals surface area (Å²) in [5.41, 5.74) is 8.89. The summed E-state index contributed by atoms with van der Waals surface area (Å²) in [5.74, 6) is 0. The lowest BCUT2D eigenvalue weighted by molar-refractivity contribution is 0.664. The van der Waals surface area contributed by atoms with Crippen molar-refractivity contribution in [3.63, 3.8) is 0 Å². The van der Waals surface area contributed by atoms with E-state index in [-0.39, 0.29) is 6.04 Å². The molecular weight excluding hydrogens is 540 g/mol. The molecule has 3 heterocycles. The molecule has 4 heteroatoms. The van der Waals surface area contributed by atoms with E-state index in [1.165, 1.54) is 16.2 Å². The van der Waals surface area contributed by atoms with Crippen LogP contribution in [0.5, 0.6) is 0 Å². The van der Waals surface area contributed by atoms with Crippen molar-refractivity contribution in [2.75, 3.05) is 5.32 Å². The van der Waals surface area contributed by atoms with Gasteiger partial charge in [0.1, 0.15) is 22.3 Å². The van der Waals surface area contributed by atoms with E-state index < -0.39 is 0 Å². The van der Waals surface area contributed by atoms with Gasteiger partial charge < -0.3 is 14.2 Å². The Kier molecular flexibility index (Phi) is 4.74. The van der Waals surface area contributed by atoms with Gasteiger partial charge in [-0.1, -0.05) is 103 Å². The summed E-state index contributed by atoms with van der Waals surface area (Å²) in [6.45, 7) is 0. The molecule has 0 fully saturated rings. The van der Waals surface area contributed by atoms with Crippen molar-refractivity contribution < 1.29 is 8.83 Å². The molecule has 0 bridgehead atoms. The Morgan fingerprint density at radius 1 is 0.500 bits per heavy atom. The van der Waals surface area contributed by atoms with E-state index in [9.17, 15) is 0 Å². The van der Waals surface area contributed by atoms with Crippen LogP contribution in [0.2, 0.25) is 0 Å². The lowest BCUT2D eigenvalue weighted by Crippen LogP contribution is -2.15. The maximum Gasteiger partial charge on any atom is 0.143 e. The van der Waals surface area contributed by atoms with Gasteiger partial charge in [0, 0.05) is 44.1 Å². The van der Waals surface area contributed by atoms with E-state index >= 15 is 0 Å². The van der Waals surface area contributed by atoms with E-state index in [0.717, 1.165) is 77.3 Å². The molecule has 10 rings (SSSR count). The quantitative estimate of drug-likeness (QED) is 0.213. The summed E-state index contributed by atoms with van der Waals surface area (Å²) >= 11 is 0. The van der Waals surface area contributed by atoms with Gasteiger partial charge in [-0.05, 0) is 46.2 Å². The van der Waals surface area contributed by atoms with Crippen molar-refractivity contribution >= 4 is 83.0 Å². The monoisotopic (exact) mass is 564 g/mol. The average Bonchev–Trinajstić information content (AvgIpc) is 3.64. The van der Waals surface area contributed by atoms with Gasteiger partial charge in [-0.3, -0.25) is 4.99 Å². The zero-order chi connectivity index (χ0) is 28.8. The number of aliphatic imine (C=N–C) groups is 1. The Labute approximate surface area is 251 Å². The number of hydrogen-bond acceptors (Lipinski definition) is 4. The minimum atomic E-state index is -0.0675. The van der Waals surface area contributed by atoms with Crippen LogP contribution >= 0.6 is 0 Å². The molecule has 0 saturated carbocycles. The molecule has 2 aromatic heterocycles. The SMILES string of the molecule is C1=Nc2c(c3ccccc3c3ccccc23)NC1c1cccc(-c2cccc3c2oc2cc4c(cc23)oc2ccccc24)c1. The molecule has 0 saturated heterocycles. The fourth-order valence-electron chi connectivity index (χ4n) is 7.06. The molecule has 0 aliphatic carbocycles. The third kappa shape index (κ3) is 3.31. The summed E-state index contributed by atoms with van der Waals surface area (Å²) < 4.78 is 12.8. The molecule has 0 spiro atoms. The predicted octanol–water partition coefficient (Wildman–Crippen LogP) is 11.3. The van der Waals surface area contributed by atoms with Crippen LogP contribution in [0.25, 0.3) is 76.5 Å². The van der Waals surface area contributed by atoms with Gasteiger partial charge in [0.25, 0.3) is 0 Å². The highest BCUT2D eigenvalue weighted by atomic mass is 16.3. The molecule has 7 aromatic carbocycles. The lowest BCUT2D eigenvalue weighted by atomic mass is 9.95. The third-order valence-corrected chi connectivity index (χ3v) is 9.11. The number of fused-ring (bicyclic) bond motifs is 12. The summed E-state index contributed by atoms with van der Waals surface area (Å²) in [7, 11) is 0. The average molecular weight is 565 g/mol. The fraction of sp³-hybridized carbons (Fsp3) is 0.0250. The predicted molar refractivity (Wildman–Crippen MR) is 182 cm³/mol. The Balaban J connectivity index is 1.10. The molecule has 1 unspecified atom stereocenters. The first-order valence-corrected chi connectivity index (χ1v) is 14.9. The van der Waals surface area contributed by atoms with Gasteiger partial charge >= 0.3 is 0 Å². The number of para-hydroxylation sites is 2. The Bertz CT molecular complexity index is 2660. The number of hydrogen-bond donors (Lipinski definition) is 1. The maximum absolute atomic E-state index is 6.60. The third-order valence-electron chi connectivity index (χ3n) is 9.11. The molecule has 9 aromatic rings. The van der Waals surface area contributed by atoms with Crippen molar-refractivity contribution in [3.05, 3.63) is 133 Å². The Hall–Kier alpha value is -5.87. The van der Waals surface area contributed by atoms with E-state index in [2.05, 4.69) is 115 Å². The van der Waals surface area contributed by atoms with Gasteiger partial charge in [-0.15, -0.1) is 0 Å². The van der Waals surface area contributed by atoms with Crippen LogP contribution in [0.3, 0.4) is 0 Å². The normalized spacial score (nSPS) is 14.7. The molecule has 1 aliphatic rings. The highest BCUT2D eigenvalue weighted by Crippen LogP contribution is 2.46. The van der Waals surface area contributed by atoms with Gasteiger partial charge in [0.2, 0.25) is 0 Å². The van der Waals surface area contributed by atoms with Crippen LogP contribution in [0.4, 0.5) is 11.4 Å². The largest absolute Gasteiger partial charge is 0.456 e. The van der Waals surface area contributed by atoms with Crippen LogP contribution in [0.1, 0.15) is 11.6 Å². The van der Waals surface area contributed by atoms with E-state index in [1.54, 1.807) is 0 Å². The number of benzene rings is 7. The van der Waals surface area contributed by atoms with Crippen LogP contribution in [0, 0.1) is 0 Å². The summed E-state index contributed by atoms with van der Waals surface area (Å²) in [4.78, 5) is 5.04. The summed E-state index contributed by atoms with van der Waals surface area (Å²) in [5, 5.41) is 12.9. The molecule has 0 amide bonds. The zero-order valence-electron chi connectivity index (χ0n) is 23.5. The van der Waals surface area contributed by atoms with Gasteiger partial charge in [-0.25, -0.2) is 0 Å². The smallest absolute Gasteiger partial charge is 0.143 e. The van der Waals surface area contributed by atoms with Crippen LogP contribution in [-0.2, 0) is 0 Å². The summed E-state index contributed by atoms with van der Waals surface area (Å²) in [6, 6.07) is 44.5.